The molecule has 0 aromatic heterocycles. The number of carbonyl (C=O) groups is 3. The molecule has 0 aromatic carbocycles. The third-order valence-electron chi connectivity index (χ3n) is 3.13. The Morgan fingerprint density at radius 1 is 1.28 bits per heavy atom. The summed E-state index contributed by atoms with van der Waals surface area (Å²) in [6, 6.07) is 0. The fraction of sp³-hybridized carbons (Fsp3) is 0.615. The van der Waals surface area contributed by atoms with Crippen molar-refractivity contribution in [2.24, 2.45) is 5.41 Å². The summed E-state index contributed by atoms with van der Waals surface area (Å²) in [6.45, 7) is 6.87. The summed E-state index contributed by atoms with van der Waals surface area (Å²) >= 11 is 0. The Kier molecular flexibility index (Phi) is 3.94. The molecule has 0 radical (unpaired) electrons. The highest BCUT2D eigenvalue weighted by atomic mass is 16.4. The topological polar surface area (TPSA) is 74.7 Å². The molecule has 1 aliphatic rings. The van der Waals surface area contributed by atoms with Crippen LogP contribution in [0.2, 0.25) is 0 Å². The van der Waals surface area contributed by atoms with E-state index in [1.54, 1.807) is 27.7 Å². The molecule has 1 amide bonds. The fourth-order valence-electron chi connectivity index (χ4n) is 1.75. The summed E-state index contributed by atoms with van der Waals surface area (Å²) < 4.78 is 0. The van der Waals surface area contributed by atoms with Crippen molar-refractivity contribution in [3.05, 3.63) is 11.3 Å². The summed E-state index contributed by atoms with van der Waals surface area (Å²) in [5, 5.41) is 9.03. The van der Waals surface area contributed by atoms with Gasteiger partial charge in [-0.2, -0.15) is 0 Å². The third kappa shape index (κ3) is 2.97. The molecule has 0 saturated carbocycles. The van der Waals surface area contributed by atoms with E-state index in [0.29, 0.717) is 5.70 Å². The highest BCUT2D eigenvalue weighted by molar-refractivity contribution is 5.95. The lowest BCUT2D eigenvalue weighted by Crippen LogP contribution is -2.41. The normalized spacial score (nSPS) is 17.1. The molecule has 1 rings (SSSR count). The number of nitrogens with zero attached hydrogens (tertiary/aromatic N) is 1. The van der Waals surface area contributed by atoms with Gasteiger partial charge in [0.1, 0.15) is 0 Å². The van der Waals surface area contributed by atoms with E-state index in [2.05, 4.69) is 0 Å². The Labute approximate surface area is 106 Å². The molecule has 1 N–H and O–H groups in total. The average molecular weight is 253 g/mol. The van der Waals surface area contributed by atoms with Gasteiger partial charge in [-0.1, -0.05) is 20.8 Å². The van der Waals surface area contributed by atoms with Gasteiger partial charge < -0.3 is 10.0 Å². The van der Waals surface area contributed by atoms with E-state index >= 15 is 0 Å². The first-order chi connectivity index (χ1) is 8.14. The first-order valence-electron chi connectivity index (χ1n) is 5.91. The van der Waals surface area contributed by atoms with Crippen LogP contribution in [0.1, 0.15) is 40.5 Å². The van der Waals surface area contributed by atoms with Crippen LogP contribution >= 0.6 is 0 Å². The summed E-state index contributed by atoms with van der Waals surface area (Å²) in [4.78, 5) is 36.0. The van der Waals surface area contributed by atoms with Crippen LogP contribution in [0.4, 0.5) is 0 Å². The molecule has 1 heterocycles. The zero-order valence-corrected chi connectivity index (χ0v) is 11.2. The van der Waals surface area contributed by atoms with Crippen molar-refractivity contribution in [3.63, 3.8) is 0 Å². The van der Waals surface area contributed by atoms with Gasteiger partial charge in [-0.25, -0.2) is 4.79 Å². The van der Waals surface area contributed by atoms with E-state index in [1.807, 2.05) is 0 Å². The van der Waals surface area contributed by atoms with Crippen LogP contribution < -0.4 is 0 Å². The Hall–Kier alpha value is -1.65. The number of rotatable bonds is 3. The second-order valence-corrected chi connectivity index (χ2v) is 5.52. The lowest BCUT2D eigenvalue weighted by Gasteiger charge is -2.30. The van der Waals surface area contributed by atoms with Gasteiger partial charge in [-0.3, -0.25) is 9.59 Å². The van der Waals surface area contributed by atoms with Crippen LogP contribution in [0.5, 0.6) is 0 Å². The van der Waals surface area contributed by atoms with Gasteiger partial charge in [0.05, 0.1) is 12.1 Å². The number of amides is 1. The van der Waals surface area contributed by atoms with Gasteiger partial charge in [0.25, 0.3) is 0 Å². The summed E-state index contributed by atoms with van der Waals surface area (Å²) in [5.41, 5.74) is 0.0640. The second-order valence-electron chi connectivity index (χ2n) is 5.52. The molecular weight excluding hydrogens is 234 g/mol. The maximum atomic E-state index is 11.9. The molecule has 1 aliphatic heterocycles. The van der Waals surface area contributed by atoms with Gasteiger partial charge in [0, 0.05) is 17.5 Å². The van der Waals surface area contributed by atoms with Crippen LogP contribution in [0.25, 0.3) is 0 Å². The number of hydrogen-bond acceptors (Lipinski definition) is 3. The number of aliphatic carboxylic acids is 1. The summed E-state index contributed by atoms with van der Waals surface area (Å²) in [7, 11) is 0. The number of ketones is 1. The number of Topliss-reactive ketones (excluding diaryl/α,β-unsaturated/α-hetero) is 1. The second kappa shape index (κ2) is 4.92. The SMILES string of the molecule is CC1=C(C(=O)O)CCC(=O)N1CC(=O)C(C)(C)C. The van der Waals surface area contributed by atoms with Crippen molar-refractivity contribution < 1.29 is 19.5 Å². The van der Waals surface area contributed by atoms with E-state index in [0.717, 1.165) is 0 Å². The Morgan fingerprint density at radius 3 is 2.28 bits per heavy atom. The largest absolute Gasteiger partial charge is 0.478 e. The maximum absolute atomic E-state index is 11.9. The molecule has 100 valence electrons. The average Bonchev–Trinajstić information content (AvgIpc) is 2.21. The maximum Gasteiger partial charge on any atom is 0.333 e. The molecular formula is C13H19NO4. The molecule has 0 atom stereocenters. The predicted molar refractivity (Wildman–Crippen MR) is 65.7 cm³/mol. The highest BCUT2D eigenvalue weighted by Crippen LogP contribution is 2.25. The molecule has 0 saturated heterocycles. The third-order valence-corrected chi connectivity index (χ3v) is 3.13. The van der Waals surface area contributed by atoms with Crippen molar-refractivity contribution in [2.45, 2.75) is 40.5 Å². The Morgan fingerprint density at radius 2 is 1.83 bits per heavy atom. The van der Waals surface area contributed by atoms with Crippen LogP contribution in [0.3, 0.4) is 0 Å². The number of carbonyl (C=O) groups excluding carboxylic acids is 2. The summed E-state index contributed by atoms with van der Waals surface area (Å²) in [6.07, 6.45) is 0.386. The van der Waals surface area contributed by atoms with Crippen molar-refractivity contribution >= 4 is 17.7 Å². The molecule has 18 heavy (non-hydrogen) atoms. The lowest BCUT2D eigenvalue weighted by molar-refractivity contribution is -0.138. The van der Waals surface area contributed by atoms with Gasteiger partial charge >= 0.3 is 5.97 Å². The zero-order chi connectivity index (χ0) is 14.1. The molecule has 0 bridgehead atoms. The Balaban J connectivity index is 2.99. The summed E-state index contributed by atoms with van der Waals surface area (Å²) in [5.74, 6) is -1.29. The number of carboxylic acid groups (broad SMARTS) is 1. The van der Waals surface area contributed by atoms with E-state index < -0.39 is 11.4 Å². The van der Waals surface area contributed by atoms with Crippen LogP contribution in [0, 0.1) is 5.41 Å². The predicted octanol–water partition coefficient (Wildman–Crippen LogP) is 1.58. The van der Waals surface area contributed by atoms with Crippen molar-refractivity contribution in [1.82, 2.24) is 4.90 Å². The molecule has 0 aromatic rings. The molecule has 5 nitrogen and oxygen atoms in total. The standard InChI is InChI=1S/C13H19NO4/c1-8-9(12(17)18)5-6-11(16)14(8)7-10(15)13(2,3)4/h5-7H2,1-4H3,(H,17,18). The molecule has 0 fully saturated rings. The number of allylic oxidation sites excluding steroid dienone is 1. The van der Waals surface area contributed by atoms with Crippen molar-refractivity contribution in [3.8, 4) is 0 Å². The van der Waals surface area contributed by atoms with Crippen molar-refractivity contribution in [2.75, 3.05) is 6.54 Å². The van der Waals surface area contributed by atoms with E-state index in [-0.39, 0.29) is 36.6 Å². The minimum atomic E-state index is -1.02. The monoisotopic (exact) mass is 253 g/mol. The van der Waals surface area contributed by atoms with Gasteiger partial charge in [0.15, 0.2) is 5.78 Å². The van der Waals surface area contributed by atoms with Crippen LogP contribution in [0.15, 0.2) is 11.3 Å². The van der Waals surface area contributed by atoms with Gasteiger partial charge in [0.2, 0.25) is 5.91 Å². The quantitative estimate of drug-likeness (QED) is 0.828. The van der Waals surface area contributed by atoms with E-state index in [9.17, 15) is 14.4 Å². The highest BCUT2D eigenvalue weighted by Gasteiger charge is 2.31. The molecule has 0 unspecified atom stereocenters. The lowest BCUT2D eigenvalue weighted by atomic mass is 9.90. The van der Waals surface area contributed by atoms with E-state index in [4.69, 9.17) is 5.11 Å². The van der Waals surface area contributed by atoms with Gasteiger partial charge in [-0.05, 0) is 13.3 Å². The minimum absolute atomic E-state index is 0.0506. The van der Waals surface area contributed by atoms with Crippen molar-refractivity contribution in [1.29, 1.82) is 0 Å². The zero-order valence-electron chi connectivity index (χ0n) is 11.2. The van der Waals surface area contributed by atoms with Crippen LogP contribution in [-0.2, 0) is 14.4 Å². The molecule has 0 aliphatic carbocycles. The van der Waals surface area contributed by atoms with Gasteiger partial charge in [-0.15, -0.1) is 0 Å². The number of carboxylic acids is 1. The minimum Gasteiger partial charge on any atom is -0.478 e. The Bertz CT molecular complexity index is 429. The molecule has 5 heteroatoms. The smallest absolute Gasteiger partial charge is 0.333 e. The molecule has 0 spiro atoms. The fourth-order valence-corrected chi connectivity index (χ4v) is 1.75. The first-order valence-corrected chi connectivity index (χ1v) is 5.91. The van der Waals surface area contributed by atoms with E-state index in [1.165, 1.54) is 4.90 Å². The van der Waals surface area contributed by atoms with Crippen LogP contribution in [-0.4, -0.2) is 34.2 Å². The number of hydrogen-bond donors (Lipinski definition) is 1. The first kappa shape index (κ1) is 14.4.